The third-order valence-electron chi connectivity index (χ3n) is 5.15. The van der Waals surface area contributed by atoms with Crippen LogP contribution in [0.5, 0.6) is 0 Å². The van der Waals surface area contributed by atoms with Crippen LogP contribution in [0.3, 0.4) is 0 Å². The maximum absolute atomic E-state index is 12.4. The van der Waals surface area contributed by atoms with Crippen LogP contribution in [0.25, 0.3) is 11.8 Å². The molecular formula is C26H21N5O. The number of hydrogen-bond acceptors (Lipinski definition) is 4. The predicted octanol–water partition coefficient (Wildman–Crippen LogP) is 4.99. The second-order valence-electron chi connectivity index (χ2n) is 7.36. The first-order chi connectivity index (χ1) is 15.8. The minimum atomic E-state index is -0.288. The molecule has 2 N–H and O–H groups in total. The topological polar surface area (TPSA) is 71.8 Å². The van der Waals surface area contributed by atoms with E-state index in [0.29, 0.717) is 5.95 Å². The van der Waals surface area contributed by atoms with Crippen molar-refractivity contribution in [3.8, 4) is 0 Å². The highest BCUT2D eigenvalue weighted by Gasteiger charge is 2.25. The first-order valence-corrected chi connectivity index (χ1v) is 10.4. The van der Waals surface area contributed by atoms with Gasteiger partial charge in [-0.15, -0.1) is 5.10 Å². The molecule has 0 bridgehead atoms. The van der Waals surface area contributed by atoms with Gasteiger partial charge in [-0.25, -0.2) is 4.68 Å². The molecule has 1 atom stereocenters. The summed E-state index contributed by atoms with van der Waals surface area (Å²) in [5.74, 6) is 0.533. The van der Waals surface area contributed by atoms with Gasteiger partial charge in [0.2, 0.25) is 5.95 Å². The second kappa shape index (κ2) is 8.73. The number of carbonyl (C=O) groups excluding carboxylic acids is 1. The molecule has 2 heterocycles. The zero-order chi connectivity index (χ0) is 21.8. The van der Waals surface area contributed by atoms with E-state index >= 15 is 0 Å². The molecule has 6 nitrogen and oxygen atoms in total. The van der Waals surface area contributed by atoms with Crippen LogP contribution in [0, 0.1) is 0 Å². The van der Waals surface area contributed by atoms with Gasteiger partial charge in [0, 0.05) is 11.8 Å². The SMILES string of the molecule is O=C(/C=C/c1ccccc1)Nc1nc2n(n1)[C@H](c1ccccc1)C=C(c1ccccc1)N2. The number of hydrogen-bond donors (Lipinski definition) is 2. The van der Waals surface area contributed by atoms with E-state index in [9.17, 15) is 4.79 Å². The van der Waals surface area contributed by atoms with Crippen LogP contribution < -0.4 is 10.6 Å². The summed E-state index contributed by atoms with van der Waals surface area (Å²) < 4.78 is 1.79. The van der Waals surface area contributed by atoms with E-state index in [-0.39, 0.29) is 17.9 Å². The molecule has 5 rings (SSSR count). The van der Waals surface area contributed by atoms with Gasteiger partial charge in [0.25, 0.3) is 11.9 Å². The summed E-state index contributed by atoms with van der Waals surface area (Å²) in [4.78, 5) is 16.9. The summed E-state index contributed by atoms with van der Waals surface area (Å²) in [6.07, 6.45) is 5.35. The fourth-order valence-corrected chi connectivity index (χ4v) is 3.61. The van der Waals surface area contributed by atoms with Gasteiger partial charge >= 0.3 is 0 Å². The number of nitrogens with one attached hydrogen (secondary N) is 2. The number of rotatable bonds is 5. The Morgan fingerprint density at radius 1 is 0.906 bits per heavy atom. The van der Waals surface area contributed by atoms with Crippen molar-refractivity contribution in [1.82, 2.24) is 14.8 Å². The van der Waals surface area contributed by atoms with Crippen LogP contribution in [0.4, 0.5) is 11.9 Å². The molecule has 1 aromatic heterocycles. The maximum Gasteiger partial charge on any atom is 0.250 e. The summed E-state index contributed by atoms with van der Waals surface area (Å²) in [5.41, 5.74) is 4.03. The number of benzene rings is 3. The van der Waals surface area contributed by atoms with E-state index in [1.807, 2.05) is 78.9 Å². The monoisotopic (exact) mass is 419 g/mol. The number of nitrogens with zero attached hydrogens (tertiary/aromatic N) is 3. The lowest BCUT2D eigenvalue weighted by molar-refractivity contribution is -0.111. The molecule has 32 heavy (non-hydrogen) atoms. The van der Waals surface area contributed by atoms with Crippen molar-refractivity contribution in [3.63, 3.8) is 0 Å². The Balaban J connectivity index is 1.43. The molecule has 4 aromatic rings. The summed E-state index contributed by atoms with van der Waals surface area (Å²) in [5, 5.41) is 10.7. The highest BCUT2D eigenvalue weighted by atomic mass is 16.1. The van der Waals surface area contributed by atoms with Gasteiger partial charge in [-0.3, -0.25) is 10.1 Å². The van der Waals surface area contributed by atoms with Gasteiger partial charge in [-0.05, 0) is 28.8 Å². The van der Waals surface area contributed by atoms with Gasteiger partial charge in [-0.2, -0.15) is 4.98 Å². The van der Waals surface area contributed by atoms with Gasteiger partial charge in [0.1, 0.15) is 6.04 Å². The summed E-state index contributed by atoms with van der Waals surface area (Å²) in [6.45, 7) is 0. The van der Waals surface area contributed by atoms with Gasteiger partial charge in [0.15, 0.2) is 0 Å². The average molecular weight is 419 g/mol. The standard InChI is InChI=1S/C26H21N5O/c32-24(17-16-19-10-4-1-5-11-19)28-25-29-26-27-22(20-12-6-2-7-13-20)18-23(31(26)30-25)21-14-8-3-9-15-21/h1-18,23H,(H2,27,28,29,30,32)/b17-16+/t23-/m0/s1. The number of allylic oxidation sites excluding steroid dienone is 1. The van der Waals surface area contributed by atoms with E-state index < -0.39 is 0 Å². The van der Waals surface area contributed by atoms with Crippen molar-refractivity contribution < 1.29 is 4.79 Å². The molecule has 1 amide bonds. The van der Waals surface area contributed by atoms with Crippen molar-refractivity contribution in [3.05, 3.63) is 120 Å². The fourth-order valence-electron chi connectivity index (χ4n) is 3.61. The lowest BCUT2D eigenvalue weighted by Crippen LogP contribution is -2.20. The zero-order valence-electron chi connectivity index (χ0n) is 17.2. The number of amides is 1. The smallest absolute Gasteiger partial charge is 0.250 e. The maximum atomic E-state index is 12.4. The quantitative estimate of drug-likeness (QED) is 0.447. The Morgan fingerprint density at radius 2 is 1.56 bits per heavy atom. The Kier molecular flexibility index (Phi) is 5.32. The van der Waals surface area contributed by atoms with Crippen molar-refractivity contribution in [1.29, 1.82) is 0 Å². The number of carbonyl (C=O) groups is 1. The van der Waals surface area contributed by atoms with E-state index in [2.05, 4.69) is 38.9 Å². The third kappa shape index (κ3) is 4.20. The molecule has 0 saturated heterocycles. The van der Waals surface area contributed by atoms with E-state index in [4.69, 9.17) is 0 Å². The van der Waals surface area contributed by atoms with Crippen molar-refractivity contribution in [2.75, 3.05) is 10.6 Å². The lowest BCUT2D eigenvalue weighted by Gasteiger charge is -2.24. The number of aromatic nitrogens is 3. The molecule has 0 saturated carbocycles. The Bertz CT molecular complexity index is 1280. The fraction of sp³-hybridized carbons (Fsp3) is 0.0385. The second-order valence-corrected chi connectivity index (χ2v) is 7.36. The largest absolute Gasteiger partial charge is 0.324 e. The van der Waals surface area contributed by atoms with Crippen LogP contribution in [-0.2, 0) is 4.79 Å². The molecule has 0 radical (unpaired) electrons. The first-order valence-electron chi connectivity index (χ1n) is 10.4. The molecule has 0 unspecified atom stereocenters. The average Bonchev–Trinajstić information content (AvgIpc) is 3.26. The molecular weight excluding hydrogens is 398 g/mol. The molecule has 1 aliphatic rings. The van der Waals surface area contributed by atoms with Crippen molar-refractivity contribution in [2.24, 2.45) is 0 Å². The molecule has 6 heteroatoms. The van der Waals surface area contributed by atoms with E-state index in [1.165, 1.54) is 6.08 Å². The summed E-state index contributed by atoms with van der Waals surface area (Å²) in [7, 11) is 0. The van der Waals surface area contributed by atoms with Gasteiger partial charge < -0.3 is 5.32 Å². The minimum absolute atomic E-state index is 0.152. The minimum Gasteiger partial charge on any atom is -0.324 e. The van der Waals surface area contributed by atoms with Gasteiger partial charge in [-0.1, -0.05) is 91.0 Å². The van der Waals surface area contributed by atoms with Crippen LogP contribution in [-0.4, -0.2) is 20.7 Å². The highest BCUT2D eigenvalue weighted by molar-refractivity contribution is 6.01. The van der Waals surface area contributed by atoms with Crippen LogP contribution in [0.2, 0.25) is 0 Å². The molecule has 0 fully saturated rings. The number of fused-ring (bicyclic) bond motifs is 1. The predicted molar refractivity (Wildman–Crippen MR) is 127 cm³/mol. The molecule has 0 spiro atoms. The van der Waals surface area contributed by atoms with Gasteiger partial charge in [0.05, 0.1) is 0 Å². The highest BCUT2D eigenvalue weighted by Crippen LogP contribution is 2.33. The van der Waals surface area contributed by atoms with Crippen molar-refractivity contribution >= 4 is 29.6 Å². The molecule has 156 valence electrons. The Morgan fingerprint density at radius 3 is 2.28 bits per heavy atom. The molecule has 1 aliphatic heterocycles. The zero-order valence-corrected chi connectivity index (χ0v) is 17.2. The Labute approximate surface area is 185 Å². The Hall–Kier alpha value is -4.45. The van der Waals surface area contributed by atoms with E-state index in [1.54, 1.807) is 10.8 Å². The molecule has 0 aliphatic carbocycles. The number of anilines is 2. The summed E-state index contributed by atoms with van der Waals surface area (Å²) in [6, 6.07) is 29.7. The lowest BCUT2D eigenvalue weighted by atomic mass is 10.0. The third-order valence-corrected chi connectivity index (χ3v) is 5.15. The van der Waals surface area contributed by atoms with Crippen LogP contribution >= 0.6 is 0 Å². The van der Waals surface area contributed by atoms with Crippen LogP contribution in [0.1, 0.15) is 22.7 Å². The van der Waals surface area contributed by atoms with Crippen molar-refractivity contribution in [2.45, 2.75) is 6.04 Å². The summed E-state index contributed by atoms with van der Waals surface area (Å²) >= 11 is 0. The van der Waals surface area contributed by atoms with Crippen LogP contribution in [0.15, 0.2) is 103 Å². The van der Waals surface area contributed by atoms with E-state index in [0.717, 1.165) is 22.4 Å². The first kappa shape index (κ1) is 19.5. The normalized spacial score (nSPS) is 15.0. The molecule has 3 aromatic carbocycles.